The molecular weight excluding hydrogens is 270 g/mol. The molecule has 0 radical (unpaired) electrons. The van der Waals surface area contributed by atoms with Crippen molar-refractivity contribution in [3.8, 4) is 6.07 Å². The van der Waals surface area contributed by atoms with Crippen LogP contribution in [-0.2, 0) is 9.53 Å². The summed E-state index contributed by atoms with van der Waals surface area (Å²) in [6, 6.07) is 7.74. The Morgan fingerprint density at radius 3 is 2.95 bits per heavy atom. The van der Waals surface area contributed by atoms with E-state index in [2.05, 4.69) is 10.3 Å². The number of nitriles is 1. The van der Waals surface area contributed by atoms with Crippen molar-refractivity contribution >= 4 is 17.7 Å². The van der Waals surface area contributed by atoms with Crippen LogP contribution >= 0.6 is 0 Å². The van der Waals surface area contributed by atoms with Gasteiger partial charge in [0, 0.05) is 5.71 Å². The average molecular weight is 285 g/mol. The van der Waals surface area contributed by atoms with Crippen LogP contribution in [-0.4, -0.2) is 24.3 Å². The molecule has 1 aromatic rings. The molecule has 0 aliphatic carbocycles. The van der Waals surface area contributed by atoms with Gasteiger partial charge in [0.2, 0.25) is 0 Å². The first-order valence-corrected chi connectivity index (χ1v) is 6.59. The number of hydrogen-bond donors (Lipinski definition) is 1. The van der Waals surface area contributed by atoms with E-state index in [0.29, 0.717) is 16.8 Å². The zero-order chi connectivity index (χ0) is 15.4. The predicted molar refractivity (Wildman–Crippen MR) is 75.7 cm³/mol. The van der Waals surface area contributed by atoms with Crippen molar-refractivity contribution in [1.29, 1.82) is 5.26 Å². The highest BCUT2D eigenvalue weighted by molar-refractivity contribution is 6.08. The Morgan fingerprint density at radius 1 is 1.52 bits per heavy atom. The third kappa shape index (κ3) is 3.08. The molecule has 2 atom stereocenters. The molecule has 0 saturated carbocycles. The van der Waals surface area contributed by atoms with E-state index >= 15 is 0 Å². The molecule has 0 fully saturated rings. The fraction of sp³-hybridized carbons (Fsp3) is 0.333. The molecule has 2 rings (SSSR count). The van der Waals surface area contributed by atoms with Gasteiger partial charge in [-0.3, -0.25) is 4.79 Å². The third-order valence-electron chi connectivity index (χ3n) is 3.26. The van der Waals surface area contributed by atoms with Gasteiger partial charge in [-0.2, -0.15) is 5.26 Å². The molecule has 2 unspecified atom stereocenters. The Kier molecular flexibility index (Phi) is 4.33. The van der Waals surface area contributed by atoms with E-state index in [1.165, 1.54) is 0 Å². The second kappa shape index (κ2) is 6.18. The second-order valence-corrected chi connectivity index (χ2v) is 4.65. The van der Waals surface area contributed by atoms with Crippen molar-refractivity contribution in [2.24, 2.45) is 10.9 Å². The highest BCUT2D eigenvalue weighted by Crippen LogP contribution is 2.28. The number of esters is 1. The highest BCUT2D eigenvalue weighted by Gasteiger charge is 2.37. The Labute approximate surface area is 122 Å². The fourth-order valence-corrected chi connectivity index (χ4v) is 2.34. The van der Waals surface area contributed by atoms with Crippen molar-refractivity contribution in [2.75, 3.05) is 6.61 Å². The summed E-state index contributed by atoms with van der Waals surface area (Å²) in [7, 11) is 0. The first kappa shape index (κ1) is 14.7. The monoisotopic (exact) mass is 285 g/mol. The molecule has 1 N–H and O–H groups in total. The van der Waals surface area contributed by atoms with E-state index in [1.807, 2.05) is 6.07 Å². The highest BCUT2D eigenvalue weighted by atomic mass is 16.5. The SMILES string of the molecule is CCOC(=O)C1C(C)=NC(=O)NC1c1cccc(C#N)c1. The van der Waals surface area contributed by atoms with E-state index < -0.39 is 24.0 Å². The van der Waals surface area contributed by atoms with Crippen LogP contribution in [0, 0.1) is 17.2 Å². The summed E-state index contributed by atoms with van der Waals surface area (Å²) < 4.78 is 5.06. The molecule has 21 heavy (non-hydrogen) atoms. The Balaban J connectivity index is 2.42. The summed E-state index contributed by atoms with van der Waals surface area (Å²) in [5, 5.41) is 11.6. The number of rotatable bonds is 3. The minimum Gasteiger partial charge on any atom is -0.465 e. The first-order valence-electron chi connectivity index (χ1n) is 6.59. The maximum absolute atomic E-state index is 12.1. The molecule has 1 aromatic carbocycles. The molecule has 0 bridgehead atoms. The topological polar surface area (TPSA) is 91.5 Å². The number of benzene rings is 1. The van der Waals surface area contributed by atoms with Gasteiger partial charge >= 0.3 is 12.0 Å². The van der Waals surface area contributed by atoms with E-state index in [9.17, 15) is 9.59 Å². The van der Waals surface area contributed by atoms with Gasteiger partial charge < -0.3 is 10.1 Å². The molecule has 108 valence electrons. The molecule has 1 aliphatic heterocycles. The lowest BCUT2D eigenvalue weighted by Gasteiger charge is -2.29. The molecule has 0 saturated heterocycles. The maximum atomic E-state index is 12.1. The molecule has 1 heterocycles. The van der Waals surface area contributed by atoms with Gasteiger partial charge in [0.15, 0.2) is 0 Å². The lowest BCUT2D eigenvalue weighted by molar-refractivity contribution is -0.146. The Bertz CT molecular complexity index is 646. The summed E-state index contributed by atoms with van der Waals surface area (Å²) in [6.07, 6.45) is 0. The maximum Gasteiger partial charge on any atom is 0.341 e. The van der Waals surface area contributed by atoms with Crippen LogP contribution in [0.4, 0.5) is 4.79 Å². The zero-order valence-corrected chi connectivity index (χ0v) is 11.8. The number of amides is 2. The summed E-state index contributed by atoms with van der Waals surface area (Å²) >= 11 is 0. The van der Waals surface area contributed by atoms with Gasteiger partial charge in [-0.25, -0.2) is 9.79 Å². The van der Waals surface area contributed by atoms with Crippen molar-refractivity contribution < 1.29 is 14.3 Å². The zero-order valence-electron chi connectivity index (χ0n) is 11.8. The van der Waals surface area contributed by atoms with Crippen LogP contribution < -0.4 is 5.32 Å². The average Bonchev–Trinajstić information content (AvgIpc) is 2.46. The van der Waals surface area contributed by atoms with Gasteiger partial charge in [0.05, 0.1) is 24.3 Å². The van der Waals surface area contributed by atoms with Crippen LogP contribution in [0.5, 0.6) is 0 Å². The second-order valence-electron chi connectivity index (χ2n) is 4.65. The molecule has 2 amide bonds. The van der Waals surface area contributed by atoms with Gasteiger partial charge in [0.1, 0.15) is 5.92 Å². The largest absolute Gasteiger partial charge is 0.465 e. The summed E-state index contributed by atoms with van der Waals surface area (Å²) in [5.41, 5.74) is 1.55. The van der Waals surface area contributed by atoms with Crippen LogP contribution in [0.3, 0.4) is 0 Å². The molecule has 0 aromatic heterocycles. The Morgan fingerprint density at radius 2 is 2.29 bits per heavy atom. The predicted octanol–water partition coefficient (Wildman–Crippen LogP) is 1.96. The number of aliphatic imine (C=N–C) groups is 1. The lowest BCUT2D eigenvalue weighted by Crippen LogP contribution is -2.44. The minimum atomic E-state index is -0.684. The van der Waals surface area contributed by atoms with Crippen LogP contribution in [0.1, 0.15) is 31.0 Å². The normalized spacial score (nSPS) is 21.0. The van der Waals surface area contributed by atoms with E-state index in [4.69, 9.17) is 10.00 Å². The summed E-state index contributed by atoms with van der Waals surface area (Å²) in [5.74, 6) is -1.12. The van der Waals surface area contributed by atoms with E-state index in [1.54, 1.807) is 38.1 Å². The number of ether oxygens (including phenoxy) is 1. The van der Waals surface area contributed by atoms with Crippen LogP contribution in [0.2, 0.25) is 0 Å². The molecular formula is C15H15N3O3. The number of urea groups is 1. The number of nitrogens with zero attached hydrogens (tertiary/aromatic N) is 2. The van der Waals surface area contributed by atoms with Crippen molar-refractivity contribution in [3.63, 3.8) is 0 Å². The fourth-order valence-electron chi connectivity index (χ4n) is 2.34. The van der Waals surface area contributed by atoms with Gasteiger partial charge in [-0.15, -0.1) is 0 Å². The first-order chi connectivity index (χ1) is 10.1. The molecule has 0 spiro atoms. The molecule has 6 heteroatoms. The van der Waals surface area contributed by atoms with Gasteiger partial charge in [-0.1, -0.05) is 12.1 Å². The summed E-state index contributed by atoms with van der Waals surface area (Å²) in [4.78, 5) is 27.5. The van der Waals surface area contributed by atoms with E-state index in [0.717, 1.165) is 0 Å². The number of carbonyl (C=O) groups is 2. The standard InChI is InChI=1S/C15H15N3O3/c1-3-21-14(19)12-9(2)17-15(20)18-13(12)11-6-4-5-10(7-11)8-16/h4-7,12-13H,3H2,1-2H3,(H,18,20). The summed E-state index contributed by atoms with van der Waals surface area (Å²) in [6.45, 7) is 3.60. The van der Waals surface area contributed by atoms with Gasteiger partial charge in [-0.05, 0) is 31.5 Å². The van der Waals surface area contributed by atoms with Crippen molar-refractivity contribution in [2.45, 2.75) is 19.9 Å². The van der Waals surface area contributed by atoms with E-state index in [-0.39, 0.29) is 6.61 Å². The van der Waals surface area contributed by atoms with Crippen molar-refractivity contribution in [3.05, 3.63) is 35.4 Å². The van der Waals surface area contributed by atoms with Gasteiger partial charge in [0.25, 0.3) is 0 Å². The van der Waals surface area contributed by atoms with Crippen LogP contribution in [0.25, 0.3) is 0 Å². The quantitative estimate of drug-likeness (QED) is 0.859. The smallest absolute Gasteiger partial charge is 0.341 e. The number of nitrogens with one attached hydrogen (secondary N) is 1. The number of carbonyl (C=O) groups excluding carboxylic acids is 2. The molecule has 1 aliphatic rings. The molecule has 6 nitrogen and oxygen atoms in total. The van der Waals surface area contributed by atoms with Crippen molar-refractivity contribution in [1.82, 2.24) is 5.32 Å². The van der Waals surface area contributed by atoms with Crippen LogP contribution in [0.15, 0.2) is 29.3 Å². The number of hydrogen-bond acceptors (Lipinski definition) is 4. The Hall–Kier alpha value is -2.68. The lowest BCUT2D eigenvalue weighted by atomic mass is 9.88. The third-order valence-corrected chi connectivity index (χ3v) is 3.26. The minimum absolute atomic E-state index is 0.252.